The van der Waals surface area contributed by atoms with Gasteiger partial charge < -0.3 is 10.1 Å². The molecular weight excluding hydrogens is 346 g/mol. The van der Waals surface area contributed by atoms with E-state index >= 15 is 0 Å². The van der Waals surface area contributed by atoms with E-state index in [0.717, 1.165) is 6.42 Å². The lowest BCUT2D eigenvalue weighted by atomic mass is 10.1. The number of hydrogen-bond donors (Lipinski definition) is 1. The molecular formula is C19H19N5O3. The summed E-state index contributed by atoms with van der Waals surface area (Å²) < 4.78 is 6.70. The minimum absolute atomic E-state index is 0.301. The lowest BCUT2D eigenvalue weighted by Gasteiger charge is -2.14. The van der Waals surface area contributed by atoms with E-state index in [4.69, 9.17) is 4.74 Å². The summed E-state index contributed by atoms with van der Waals surface area (Å²) in [5.41, 5.74) is 2.74. The van der Waals surface area contributed by atoms with Gasteiger partial charge in [0.1, 0.15) is 6.33 Å². The van der Waals surface area contributed by atoms with Gasteiger partial charge in [-0.05, 0) is 59.7 Å². The first-order chi connectivity index (χ1) is 13.1. The summed E-state index contributed by atoms with van der Waals surface area (Å²) in [6.45, 7) is 3.59. The van der Waals surface area contributed by atoms with E-state index in [1.807, 2.05) is 24.3 Å². The van der Waals surface area contributed by atoms with Crippen molar-refractivity contribution < 1.29 is 14.3 Å². The third kappa shape index (κ3) is 4.55. The molecule has 1 atom stereocenters. The maximum atomic E-state index is 12.4. The number of rotatable bonds is 6. The molecule has 0 saturated heterocycles. The Morgan fingerprint density at radius 1 is 1.19 bits per heavy atom. The van der Waals surface area contributed by atoms with Gasteiger partial charge in [0.2, 0.25) is 0 Å². The number of esters is 1. The van der Waals surface area contributed by atoms with Crippen molar-refractivity contribution in [2.75, 3.05) is 5.32 Å². The van der Waals surface area contributed by atoms with Gasteiger partial charge in [0.25, 0.3) is 5.91 Å². The molecule has 0 fully saturated rings. The van der Waals surface area contributed by atoms with E-state index in [1.165, 1.54) is 23.5 Å². The number of ether oxygens (including phenoxy) is 1. The Bertz CT molecular complexity index is 923. The number of tetrazole rings is 1. The van der Waals surface area contributed by atoms with Gasteiger partial charge >= 0.3 is 5.97 Å². The number of amides is 1. The molecule has 1 amide bonds. The largest absolute Gasteiger partial charge is 0.449 e. The number of carbonyl (C=O) groups excluding carboxylic acids is 2. The van der Waals surface area contributed by atoms with Gasteiger partial charge in [0.05, 0.1) is 11.3 Å². The number of carbonyl (C=O) groups is 2. The van der Waals surface area contributed by atoms with Crippen molar-refractivity contribution >= 4 is 17.6 Å². The Balaban J connectivity index is 1.62. The van der Waals surface area contributed by atoms with Gasteiger partial charge in [-0.25, -0.2) is 9.48 Å². The standard InChI is InChI=1S/C19H19N5O3/c1-3-14-7-9-16(10-8-14)21-18(25)13(2)27-19(26)15-5-4-6-17(11-15)24-12-20-22-23-24/h4-13H,3H2,1-2H3,(H,21,25)/t13-/m1/s1. The second-order valence-corrected chi connectivity index (χ2v) is 5.89. The molecule has 0 spiro atoms. The number of benzene rings is 2. The Morgan fingerprint density at radius 3 is 2.63 bits per heavy atom. The van der Waals surface area contributed by atoms with Crippen molar-refractivity contribution in [2.24, 2.45) is 0 Å². The highest BCUT2D eigenvalue weighted by atomic mass is 16.5. The van der Waals surface area contributed by atoms with Gasteiger partial charge in [-0.2, -0.15) is 0 Å². The molecule has 27 heavy (non-hydrogen) atoms. The van der Waals surface area contributed by atoms with Crippen LogP contribution in [0.1, 0.15) is 29.8 Å². The molecule has 8 nitrogen and oxygen atoms in total. The fourth-order valence-corrected chi connectivity index (χ4v) is 2.40. The highest BCUT2D eigenvalue weighted by molar-refractivity contribution is 5.97. The Morgan fingerprint density at radius 2 is 1.96 bits per heavy atom. The third-order valence-corrected chi connectivity index (χ3v) is 3.98. The van der Waals surface area contributed by atoms with Crippen LogP contribution in [0.25, 0.3) is 5.69 Å². The molecule has 0 aliphatic rings. The smallest absolute Gasteiger partial charge is 0.338 e. The molecule has 3 rings (SSSR count). The predicted molar refractivity (Wildman–Crippen MR) is 98.5 cm³/mol. The van der Waals surface area contributed by atoms with Gasteiger partial charge in [-0.3, -0.25) is 4.79 Å². The third-order valence-electron chi connectivity index (χ3n) is 3.98. The van der Waals surface area contributed by atoms with Crippen molar-refractivity contribution in [3.05, 3.63) is 66.0 Å². The van der Waals surface area contributed by atoms with Crippen LogP contribution in [0.3, 0.4) is 0 Å². The maximum absolute atomic E-state index is 12.4. The highest BCUT2D eigenvalue weighted by Crippen LogP contribution is 2.13. The van der Waals surface area contributed by atoms with Gasteiger partial charge in [-0.1, -0.05) is 25.1 Å². The van der Waals surface area contributed by atoms with Crippen LogP contribution in [0.2, 0.25) is 0 Å². The van der Waals surface area contributed by atoms with Crippen LogP contribution in [0, 0.1) is 0 Å². The van der Waals surface area contributed by atoms with Crippen LogP contribution >= 0.6 is 0 Å². The second-order valence-electron chi connectivity index (χ2n) is 5.89. The van der Waals surface area contributed by atoms with E-state index in [9.17, 15) is 9.59 Å². The van der Waals surface area contributed by atoms with E-state index < -0.39 is 18.0 Å². The minimum atomic E-state index is -0.944. The molecule has 0 unspecified atom stereocenters. The topological polar surface area (TPSA) is 99.0 Å². The number of nitrogens with one attached hydrogen (secondary N) is 1. The Kier molecular flexibility index (Phi) is 5.55. The summed E-state index contributed by atoms with van der Waals surface area (Å²) in [5, 5.41) is 13.6. The van der Waals surface area contributed by atoms with Crippen molar-refractivity contribution in [2.45, 2.75) is 26.4 Å². The zero-order chi connectivity index (χ0) is 19.2. The first-order valence-corrected chi connectivity index (χ1v) is 8.51. The summed E-state index contributed by atoms with van der Waals surface area (Å²) in [4.78, 5) is 24.6. The molecule has 3 aromatic rings. The SMILES string of the molecule is CCc1ccc(NC(=O)[C@@H](C)OC(=O)c2cccc(-n3cnnn3)c2)cc1. The zero-order valence-corrected chi connectivity index (χ0v) is 15.0. The molecule has 1 N–H and O–H groups in total. The predicted octanol–water partition coefficient (Wildman–Crippen LogP) is 2.41. The van der Waals surface area contributed by atoms with Crippen LogP contribution < -0.4 is 5.32 Å². The zero-order valence-electron chi connectivity index (χ0n) is 15.0. The summed E-state index contributed by atoms with van der Waals surface area (Å²) in [6, 6.07) is 14.2. The fourth-order valence-electron chi connectivity index (χ4n) is 2.40. The van der Waals surface area contributed by atoms with Crippen molar-refractivity contribution in [3.8, 4) is 5.69 Å². The molecule has 0 saturated carbocycles. The lowest BCUT2D eigenvalue weighted by Crippen LogP contribution is -2.30. The summed E-state index contributed by atoms with van der Waals surface area (Å²) in [6.07, 6.45) is 1.40. The highest BCUT2D eigenvalue weighted by Gasteiger charge is 2.19. The van der Waals surface area contributed by atoms with E-state index in [2.05, 4.69) is 27.8 Å². The molecule has 1 heterocycles. The van der Waals surface area contributed by atoms with E-state index in [-0.39, 0.29) is 0 Å². The van der Waals surface area contributed by atoms with Crippen molar-refractivity contribution in [3.63, 3.8) is 0 Å². The van der Waals surface area contributed by atoms with Crippen LogP contribution in [-0.4, -0.2) is 38.2 Å². The summed E-state index contributed by atoms with van der Waals surface area (Å²) in [7, 11) is 0. The average molecular weight is 365 g/mol. The number of aryl methyl sites for hydroxylation is 1. The first-order valence-electron chi connectivity index (χ1n) is 8.51. The monoisotopic (exact) mass is 365 g/mol. The molecule has 8 heteroatoms. The Hall–Kier alpha value is -3.55. The van der Waals surface area contributed by atoms with Gasteiger partial charge in [0, 0.05) is 5.69 Å². The summed E-state index contributed by atoms with van der Waals surface area (Å²) >= 11 is 0. The average Bonchev–Trinajstić information content (AvgIpc) is 3.23. The van der Waals surface area contributed by atoms with Gasteiger partial charge in [-0.15, -0.1) is 5.10 Å². The molecule has 2 aromatic carbocycles. The molecule has 0 bridgehead atoms. The Labute approximate surface area is 156 Å². The first kappa shape index (κ1) is 18.2. The normalized spacial score (nSPS) is 11.6. The van der Waals surface area contributed by atoms with Crippen molar-refractivity contribution in [1.29, 1.82) is 0 Å². The second kappa shape index (κ2) is 8.22. The fraction of sp³-hybridized carbons (Fsp3) is 0.211. The van der Waals surface area contributed by atoms with Crippen LogP contribution in [0.15, 0.2) is 54.9 Å². The minimum Gasteiger partial charge on any atom is -0.449 e. The lowest BCUT2D eigenvalue weighted by molar-refractivity contribution is -0.123. The molecule has 1 aromatic heterocycles. The number of aromatic nitrogens is 4. The molecule has 0 radical (unpaired) electrons. The van der Waals surface area contributed by atoms with Gasteiger partial charge in [0.15, 0.2) is 6.10 Å². The summed E-state index contributed by atoms with van der Waals surface area (Å²) in [5.74, 6) is -1.00. The van der Waals surface area contributed by atoms with Crippen LogP contribution in [0.4, 0.5) is 5.69 Å². The van der Waals surface area contributed by atoms with E-state index in [1.54, 1.807) is 24.3 Å². The maximum Gasteiger partial charge on any atom is 0.338 e. The van der Waals surface area contributed by atoms with Crippen LogP contribution in [-0.2, 0) is 16.0 Å². The number of anilines is 1. The van der Waals surface area contributed by atoms with E-state index in [0.29, 0.717) is 16.9 Å². The van der Waals surface area contributed by atoms with Crippen LogP contribution in [0.5, 0.6) is 0 Å². The number of nitrogens with zero attached hydrogens (tertiary/aromatic N) is 4. The van der Waals surface area contributed by atoms with Crippen molar-refractivity contribution in [1.82, 2.24) is 20.2 Å². The molecule has 0 aliphatic carbocycles. The number of hydrogen-bond acceptors (Lipinski definition) is 6. The molecule has 0 aliphatic heterocycles. The molecule has 138 valence electrons. The quantitative estimate of drug-likeness (QED) is 0.674.